The first-order valence-corrected chi connectivity index (χ1v) is 14.7. The summed E-state index contributed by atoms with van der Waals surface area (Å²) in [7, 11) is 3.17. The van der Waals surface area contributed by atoms with Gasteiger partial charge in [0.1, 0.15) is 6.54 Å². The highest BCUT2D eigenvalue weighted by atomic mass is 35.5. The molecule has 9 nitrogen and oxygen atoms in total. The van der Waals surface area contributed by atoms with Crippen LogP contribution in [-0.2, 0) is 9.53 Å². The normalized spacial score (nSPS) is 17.3. The van der Waals surface area contributed by atoms with Gasteiger partial charge in [-0.2, -0.15) is 5.10 Å². The molecule has 3 aromatic rings. The number of ether oxygens (including phenoxy) is 3. The van der Waals surface area contributed by atoms with E-state index in [9.17, 15) is 9.59 Å². The predicted octanol–water partition coefficient (Wildman–Crippen LogP) is 4.57. The fraction of sp³-hybridized carbons (Fsp3) is 0.367. The van der Waals surface area contributed by atoms with Crippen LogP contribution in [0.2, 0.25) is 5.02 Å². The van der Waals surface area contributed by atoms with Gasteiger partial charge in [0.05, 0.1) is 54.7 Å². The molecule has 1 atom stereocenters. The molecular weight excluding hydrogens is 564 g/mol. The Bertz CT molecular complexity index is 1390. The van der Waals surface area contributed by atoms with Crippen molar-refractivity contribution in [2.75, 3.05) is 60.2 Å². The Kier molecular flexibility index (Phi) is 9.56. The number of carbonyl (C=O) groups is 2. The number of rotatable bonds is 10. The van der Waals surface area contributed by atoms with E-state index in [0.717, 1.165) is 29.2 Å². The third-order valence-electron chi connectivity index (χ3n) is 7.27. The minimum atomic E-state index is -0.365. The Hall–Kier alpha value is -3.44. The van der Waals surface area contributed by atoms with Gasteiger partial charge in [0.2, 0.25) is 0 Å². The summed E-state index contributed by atoms with van der Waals surface area (Å²) in [5.74, 6) is 0.606. The number of carbonyl (C=O) groups excluding carboxylic acids is 2. The summed E-state index contributed by atoms with van der Waals surface area (Å²) in [6, 6.07) is 16.1. The third-order valence-corrected chi connectivity index (χ3v) is 8.52. The highest BCUT2D eigenvalue weighted by Crippen LogP contribution is 2.38. The van der Waals surface area contributed by atoms with Gasteiger partial charge in [-0.15, -0.1) is 11.3 Å². The second-order valence-corrected chi connectivity index (χ2v) is 11.1. The number of thiophene rings is 1. The summed E-state index contributed by atoms with van der Waals surface area (Å²) in [5.41, 5.74) is 2.05. The van der Waals surface area contributed by atoms with Gasteiger partial charge < -0.3 is 19.1 Å². The molecule has 1 aromatic heterocycles. The van der Waals surface area contributed by atoms with Crippen molar-refractivity contribution in [2.45, 2.75) is 12.5 Å². The van der Waals surface area contributed by atoms with E-state index >= 15 is 0 Å². The lowest BCUT2D eigenvalue weighted by Gasteiger charge is -2.31. The van der Waals surface area contributed by atoms with Gasteiger partial charge in [-0.1, -0.05) is 35.9 Å². The van der Waals surface area contributed by atoms with Crippen LogP contribution in [0.4, 0.5) is 0 Å². The number of benzene rings is 2. The van der Waals surface area contributed by atoms with Gasteiger partial charge in [-0.05, 0) is 41.3 Å². The zero-order valence-electron chi connectivity index (χ0n) is 23.1. The van der Waals surface area contributed by atoms with Gasteiger partial charge in [0, 0.05) is 32.6 Å². The van der Waals surface area contributed by atoms with Crippen LogP contribution >= 0.6 is 22.9 Å². The SMILES string of the molecule is COc1ccc(C2CC(c3cccs3)=NN2C(=O)CN(CCN2CCOCC2)C(=O)c2ccccc2Cl)cc1OC. The largest absolute Gasteiger partial charge is 0.493 e. The fourth-order valence-corrected chi connectivity index (χ4v) is 5.97. The zero-order valence-corrected chi connectivity index (χ0v) is 24.7. The van der Waals surface area contributed by atoms with Crippen molar-refractivity contribution < 1.29 is 23.8 Å². The number of nitrogens with zero attached hydrogens (tertiary/aromatic N) is 4. The summed E-state index contributed by atoms with van der Waals surface area (Å²) in [5, 5.41) is 8.64. The maximum atomic E-state index is 14.0. The molecule has 3 heterocycles. The number of morpholine rings is 1. The topological polar surface area (TPSA) is 83.9 Å². The maximum Gasteiger partial charge on any atom is 0.262 e. The first-order chi connectivity index (χ1) is 20.0. The Morgan fingerprint density at radius 3 is 2.56 bits per heavy atom. The van der Waals surface area contributed by atoms with Crippen molar-refractivity contribution in [3.05, 3.63) is 81.0 Å². The van der Waals surface area contributed by atoms with Crippen molar-refractivity contribution in [3.8, 4) is 11.5 Å². The van der Waals surface area contributed by atoms with Crippen molar-refractivity contribution in [1.82, 2.24) is 14.8 Å². The molecule has 1 fully saturated rings. The lowest BCUT2D eigenvalue weighted by Crippen LogP contribution is -2.46. The first kappa shape index (κ1) is 29.1. The van der Waals surface area contributed by atoms with Gasteiger partial charge in [-0.3, -0.25) is 14.5 Å². The van der Waals surface area contributed by atoms with Crippen LogP contribution in [-0.4, -0.2) is 92.5 Å². The van der Waals surface area contributed by atoms with Gasteiger partial charge in [-0.25, -0.2) is 5.01 Å². The van der Waals surface area contributed by atoms with E-state index in [1.807, 2.05) is 35.7 Å². The van der Waals surface area contributed by atoms with E-state index < -0.39 is 0 Å². The van der Waals surface area contributed by atoms with Crippen LogP contribution in [0.25, 0.3) is 0 Å². The van der Waals surface area contributed by atoms with Crippen molar-refractivity contribution in [3.63, 3.8) is 0 Å². The smallest absolute Gasteiger partial charge is 0.262 e. The van der Waals surface area contributed by atoms with E-state index in [-0.39, 0.29) is 24.4 Å². The van der Waals surface area contributed by atoms with Crippen LogP contribution < -0.4 is 9.47 Å². The highest BCUT2D eigenvalue weighted by molar-refractivity contribution is 7.12. The van der Waals surface area contributed by atoms with Crippen molar-refractivity contribution in [2.24, 2.45) is 5.10 Å². The Balaban J connectivity index is 1.43. The summed E-state index contributed by atoms with van der Waals surface area (Å²) in [4.78, 5) is 32.5. The molecule has 2 aromatic carbocycles. The molecule has 0 saturated carbocycles. The average Bonchev–Trinajstić information content (AvgIpc) is 3.70. The molecule has 5 rings (SSSR count). The summed E-state index contributed by atoms with van der Waals surface area (Å²) < 4.78 is 16.4. The standard InChI is InChI=1S/C30H33ClN4O5S/c1-38-26-10-9-21(18-27(26)39-2)25-19-24(28-8-5-17-41-28)32-35(25)29(36)20-34(12-11-33-13-15-40-16-14-33)30(37)22-6-3-4-7-23(22)31/h3-10,17-18,25H,11-16,19-20H2,1-2H3. The first-order valence-electron chi connectivity index (χ1n) is 13.5. The molecule has 0 N–H and O–H groups in total. The molecule has 2 aliphatic heterocycles. The molecule has 2 aliphatic rings. The van der Waals surface area contributed by atoms with Crippen LogP contribution in [0.15, 0.2) is 65.1 Å². The summed E-state index contributed by atoms with van der Waals surface area (Å²) in [6.07, 6.45) is 0.536. The van der Waals surface area contributed by atoms with E-state index in [1.54, 1.807) is 54.7 Å². The lowest BCUT2D eigenvalue weighted by molar-refractivity contribution is -0.133. The van der Waals surface area contributed by atoms with E-state index in [0.29, 0.717) is 54.8 Å². The van der Waals surface area contributed by atoms with Crippen LogP contribution in [0.3, 0.4) is 0 Å². The van der Waals surface area contributed by atoms with Gasteiger partial charge in [0.15, 0.2) is 11.5 Å². The van der Waals surface area contributed by atoms with Gasteiger partial charge >= 0.3 is 0 Å². The van der Waals surface area contributed by atoms with Crippen LogP contribution in [0, 0.1) is 0 Å². The monoisotopic (exact) mass is 596 g/mol. The van der Waals surface area contributed by atoms with Crippen molar-refractivity contribution >= 4 is 40.5 Å². The number of methoxy groups -OCH3 is 2. The average molecular weight is 597 g/mol. The number of amides is 2. The number of hydrogen-bond acceptors (Lipinski definition) is 8. The Morgan fingerprint density at radius 2 is 1.85 bits per heavy atom. The molecule has 0 aliphatic carbocycles. The van der Waals surface area contributed by atoms with Crippen LogP contribution in [0.5, 0.6) is 11.5 Å². The Morgan fingerprint density at radius 1 is 1.07 bits per heavy atom. The molecule has 0 bridgehead atoms. The second kappa shape index (κ2) is 13.5. The van der Waals surface area contributed by atoms with Crippen molar-refractivity contribution in [1.29, 1.82) is 0 Å². The quantitative estimate of drug-likeness (QED) is 0.341. The van der Waals surface area contributed by atoms with E-state index in [4.69, 9.17) is 30.9 Å². The van der Waals surface area contributed by atoms with Crippen LogP contribution in [0.1, 0.15) is 33.3 Å². The molecule has 41 heavy (non-hydrogen) atoms. The fourth-order valence-electron chi connectivity index (χ4n) is 5.03. The zero-order chi connectivity index (χ0) is 28.8. The molecule has 1 unspecified atom stereocenters. The second-order valence-electron chi connectivity index (χ2n) is 9.76. The Labute approximate surface area is 248 Å². The number of halogens is 1. The minimum Gasteiger partial charge on any atom is -0.493 e. The highest BCUT2D eigenvalue weighted by Gasteiger charge is 2.35. The molecule has 11 heteroatoms. The maximum absolute atomic E-state index is 14.0. The molecule has 0 spiro atoms. The third kappa shape index (κ3) is 6.73. The molecule has 216 valence electrons. The number of hydrazone groups is 1. The summed E-state index contributed by atoms with van der Waals surface area (Å²) in [6.45, 7) is 3.71. The van der Waals surface area contributed by atoms with E-state index in [1.165, 1.54) is 5.01 Å². The molecule has 0 radical (unpaired) electrons. The molecular formula is C30H33ClN4O5S. The number of hydrogen-bond donors (Lipinski definition) is 0. The lowest BCUT2D eigenvalue weighted by atomic mass is 10.0. The molecule has 1 saturated heterocycles. The van der Waals surface area contributed by atoms with Gasteiger partial charge in [0.25, 0.3) is 11.8 Å². The van der Waals surface area contributed by atoms with E-state index in [2.05, 4.69) is 4.90 Å². The summed E-state index contributed by atoms with van der Waals surface area (Å²) >= 11 is 7.97. The predicted molar refractivity (Wildman–Crippen MR) is 159 cm³/mol. The minimum absolute atomic E-state index is 0.139. The molecule has 2 amide bonds.